The molecule has 0 aromatic carbocycles. The highest BCUT2D eigenvalue weighted by molar-refractivity contribution is 5.93. The topological polar surface area (TPSA) is 66.7 Å². The van der Waals surface area contributed by atoms with Crippen LogP contribution >= 0.6 is 0 Å². The predicted octanol–water partition coefficient (Wildman–Crippen LogP) is 3.05. The Kier molecular flexibility index (Phi) is 4.76. The Morgan fingerprint density at radius 3 is 2.85 bits per heavy atom. The molecule has 3 fully saturated rings. The van der Waals surface area contributed by atoms with Gasteiger partial charge in [0.15, 0.2) is 12.1 Å². The van der Waals surface area contributed by atoms with Crippen molar-refractivity contribution < 1.29 is 14.0 Å². The molecule has 26 heavy (non-hydrogen) atoms. The van der Waals surface area contributed by atoms with Crippen LogP contribution in [0.15, 0.2) is 10.8 Å². The summed E-state index contributed by atoms with van der Waals surface area (Å²) in [4.78, 5) is 33.6. The van der Waals surface area contributed by atoms with Crippen LogP contribution in [0.5, 0.6) is 0 Å². The zero-order valence-electron chi connectivity index (χ0n) is 15.8. The minimum Gasteiger partial charge on any atom is -0.447 e. The van der Waals surface area contributed by atoms with E-state index in [1.54, 1.807) is 0 Å². The van der Waals surface area contributed by atoms with Crippen LogP contribution in [0.1, 0.15) is 74.5 Å². The number of amides is 2. The fraction of sp³-hybridized carbons (Fsp3) is 0.750. The minimum absolute atomic E-state index is 0.00438. The summed E-state index contributed by atoms with van der Waals surface area (Å²) in [5.41, 5.74) is 0.509. The van der Waals surface area contributed by atoms with Crippen LogP contribution in [0.3, 0.4) is 0 Å². The summed E-state index contributed by atoms with van der Waals surface area (Å²) in [6.07, 6.45) is 7.00. The van der Waals surface area contributed by atoms with Crippen LogP contribution < -0.4 is 0 Å². The van der Waals surface area contributed by atoms with Crippen molar-refractivity contribution in [3.63, 3.8) is 0 Å². The van der Waals surface area contributed by atoms with E-state index < -0.39 is 0 Å². The highest BCUT2D eigenvalue weighted by Crippen LogP contribution is 2.42. The van der Waals surface area contributed by atoms with Crippen LogP contribution in [0.25, 0.3) is 0 Å². The minimum atomic E-state index is 0.00438. The van der Waals surface area contributed by atoms with E-state index in [0.717, 1.165) is 51.0 Å². The maximum atomic E-state index is 13.0. The van der Waals surface area contributed by atoms with Gasteiger partial charge in [0.25, 0.3) is 5.91 Å². The third-order valence-corrected chi connectivity index (χ3v) is 6.12. The number of likely N-dealkylation sites (tertiary alicyclic amines) is 2. The van der Waals surface area contributed by atoms with Crippen molar-refractivity contribution in [3.8, 4) is 0 Å². The van der Waals surface area contributed by atoms with Crippen molar-refractivity contribution in [1.82, 2.24) is 14.8 Å². The molecule has 1 aromatic rings. The normalized spacial score (nSPS) is 26.3. The average Bonchev–Trinajstić information content (AvgIpc) is 3.36. The van der Waals surface area contributed by atoms with E-state index in [1.165, 1.54) is 6.39 Å². The molecule has 0 radical (unpaired) electrons. The Labute approximate surface area is 154 Å². The molecule has 1 aliphatic carbocycles. The fourth-order valence-electron chi connectivity index (χ4n) is 4.42. The summed E-state index contributed by atoms with van der Waals surface area (Å²) in [5.74, 6) is 2.43. The summed E-state index contributed by atoms with van der Waals surface area (Å²) < 4.78 is 5.48. The second kappa shape index (κ2) is 7.05. The maximum Gasteiger partial charge on any atom is 0.276 e. The number of piperidine rings is 2. The van der Waals surface area contributed by atoms with Crippen molar-refractivity contribution in [2.45, 2.75) is 64.3 Å². The number of nitrogens with zero attached hydrogens (tertiary/aromatic N) is 3. The van der Waals surface area contributed by atoms with Gasteiger partial charge < -0.3 is 14.2 Å². The number of hydrogen-bond acceptors (Lipinski definition) is 4. The number of aromatic nitrogens is 1. The standard InChI is InChI=1S/C20H29N3O3/c1-13(2)7-10-23-16-8-9-22(11-15(16)5-6-17(23)24)20(25)18-19(14-3-4-14)26-12-21-18/h12-16H,3-11H2,1-2H3/t15-,16+/m0/s1. The quantitative estimate of drug-likeness (QED) is 0.810. The molecular weight excluding hydrogens is 330 g/mol. The lowest BCUT2D eigenvalue weighted by Crippen LogP contribution is -2.57. The molecule has 2 atom stereocenters. The fourth-order valence-corrected chi connectivity index (χ4v) is 4.42. The molecule has 0 N–H and O–H groups in total. The first-order valence-electron chi connectivity index (χ1n) is 10.1. The monoisotopic (exact) mass is 359 g/mol. The zero-order chi connectivity index (χ0) is 18.3. The van der Waals surface area contributed by atoms with Crippen molar-refractivity contribution in [1.29, 1.82) is 0 Å². The number of fused-ring (bicyclic) bond motifs is 1. The van der Waals surface area contributed by atoms with Crippen LogP contribution in [0.2, 0.25) is 0 Å². The van der Waals surface area contributed by atoms with Crippen molar-refractivity contribution in [3.05, 3.63) is 17.8 Å². The van der Waals surface area contributed by atoms with E-state index >= 15 is 0 Å². The van der Waals surface area contributed by atoms with Crippen LogP contribution in [-0.4, -0.2) is 52.3 Å². The molecule has 0 bridgehead atoms. The molecule has 1 aromatic heterocycles. The summed E-state index contributed by atoms with van der Waals surface area (Å²) in [7, 11) is 0. The summed E-state index contributed by atoms with van der Waals surface area (Å²) in [6, 6.07) is 0.291. The van der Waals surface area contributed by atoms with Gasteiger partial charge in [0, 0.05) is 38.0 Å². The van der Waals surface area contributed by atoms with Gasteiger partial charge in [0.1, 0.15) is 5.76 Å². The van der Waals surface area contributed by atoms with E-state index in [0.29, 0.717) is 48.4 Å². The van der Waals surface area contributed by atoms with E-state index in [2.05, 4.69) is 23.7 Å². The van der Waals surface area contributed by atoms with Gasteiger partial charge in [0.2, 0.25) is 5.91 Å². The van der Waals surface area contributed by atoms with Gasteiger partial charge in [-0.2, -0.15) is 0 Å². The average molecular weight is 359 g/mol. The Morgan fingerprint density at radius 2 is 2.12 bits per heavy atom. The number of oxazole rings is 1. The summed E-state index contributed by atoms with van der Waals surface area (Å²) in [5, 5.41) is 0. The molecule has 6 heteroatoms. The molecule has 2 amide bonds. The first-order chi connectivity index (χ1) is 12.5. The first kappa shape index (κ1) is 17.6. The number of carbonyl (C=O) groups excluding carboxylic acids is 2. The van der Waals surface area contributed by atoms with Crippen LogP contribution in [0, 0.1) is 11.8 Å². The largest absolute Gasteiger partial charge is 0.447 e. The Bertz CT molecular complexity index is 680. The first-order valence-corrected chi connectivity index (χ1v) is 10.1. The van der Waals surface area contributed by atoms with Crippen molar-refractivity contribution >= 4 is 11.8 Å². The second-order valence-corrected chi connectivity index (χ2v) is 8.52. The van der Waals surface area contributed by atoms with Crippen LogP contribution in [0.4, 0.5) is 0 Å². The molecule has 4 rings (SSSR count). The molecule has 0 spiro atoms. The van der Waals surface area contributed by atoms with Gasteiger partial charge in [0.05, 0.1) is 0 Å². The van der Waals surface area contributed by atoms with Crippen LogP contribution in [-0.2, 0) is 4.79 Å². The van der Waals surface area contributed by atoms with Gasteiger partial charge in [-0.15, -0.1) is 0 Å². The molecule has 2 saturated heterocycles. The smallest absolute Gasteiger partial charge is 0.276 e. The molecular formula is C20H29N3O3. The third kappa shape index (κ3) is 3.38. The van der Waals surface area contributed by atoms with Crippen molar-refractivity contribution in [2.24, 2.45) is 11.8 Å². The van der Waals surface area contributed by atoms with Gasteiger partial charge in [-0.05, 0) is 43.9 Å². The van der Waals surface area contributed by atoms with E-state index in [-0.39, 0.29) is 5.91 Å². The third-order valence-electron chi connectivity index (χ3n) is 6.12. The lowest BCUT2D eigenvalue weighted by molar-refractivity contribution is -0.140. The summed E-state index contributed by atoms with van der Waals surface area (Å²) >= 11 is 0. The Hall–Kier alpha value is -1.85. The van der Waals surface area contributed by atoms with Crippen molar-refractivity contribution in [2.75, 3.05) is 19.6 Å². The highest BCUT2D eigenvalue weighted by Gasteiger charge is 2.41. The number of rotatable bonds is 5. The summed E-state index contributed by atoms with van der Waals surface area (Å²) in [6.45, 7) is 6.67. The van der Waals surface area contributed by atoms with Gasteiger partial charge >= 0.3 is 0 Å². The van der Waals surface area contributed by atoms with E-state index in [4.69, 9.17) is 4.42 Å². The molecule has 3 heterocycles. The highest BCUT2D eigenvalue weighted by atomic mass is 16.3. The Balaban J connectivity index is 1.43. The molecule has 3 aliphatic rings. The molecule has 2 aliphatic heterocycles. The maximum absolute atomic E-state index is 13.0. The number of hydrogen-bond donors (Lipinski definition) is 0. The van der Waals surface area contributed by atoms with Gasteiger partial charge in [-0.3, -0.25) is 9.59 Å². The predicted molar refractivity (Wildman–Crippen MR) is 96.7 cm³/mol. The molecule has 142 valence electrons. The zero-order valence-corrected chi connectivity index (χ0v) is 15.8. The SMILES string of the molecule is CC(C)CCN1C(=O)CC[C@H]2CN(C(=O)c3ncoc3C3CC3)CC[C@H]21. The lowest BCUT2D eigenvalue weighted by atomic mass is 9.83. The molecule has 6 nitrogen and oxygen atoms in total. The lowest BCUT2D eigenvalue weighted by Gasteiger charge is -2.47. The second-order valence-electron chi connectivity index (χ2n) is 8.52. The van der Waals surface area contributed by atoms with Gasteiger partial charge in [-0.1, -0.05) is 13.8 Å². The molecule has 1 saturated carbocycles. The van der Waals surface area contributed by atoms with Gasteiger partial charge in [-0.25, -0.2) is 4.98 Å². The molecule has 0 unspecified atom stereocenters. The number of carbonyl (C=O) groups is 2. The Morgan fingerprint density at radius 1 is 1.31 bits per heavy atom. The van der Waals surface area contributed by atoms with E-state index in [1.807, 2.05) is 4.90 Å². The van der Waals surface area contributed by atoms with E-state index in [9.17, 15) is 9.59 Å².